The normalized spacial score (nSPS) is 10.9. The Balaban J connectivity index is 1.52. The molecular weight excluding hydrogens is 436 g/mol. The molecule has 0 saturated heterocycles. The van der Waals surface area contributed by atoms with Crippen molar-refractivity contribution in [3.63, 3.8) is 0 Å². The second-order valence-corrected chi connectivity index (χ2v) is 8.61. The van der Waals surface area contributed by atoms with Crippen molar-refractivity contribution in [2.24, 2.45) is 0 Å². The number of hydrogen-bond donors (Lipinski definition) is 0. The molecule has 2 aromatic heterocycles. The molecule has 4 rings (SSSR count). The van der Waals surface area contributed by atoms with Gasteiger partial charge in [0.05, 0.1) is 25.7 Å². The van der Waals surface area contributed by atoms with Gasteiger partial charge in [0.1, 0.15) is 11.5 Å². The molecule has 1 amide bonds. The number of aromatic nitrogens is 3. The van der Waals surface area contributed by atoms with Crippen LogP contribution in [-0.4, -0.2) is 45.5 Å². The third-order valence-electron chi connectivity index (χ3n) is 5.36. The van der Waals surface area contributed by atoms with Gasteiger partial charge in [0.2, 0.25) is 5.91 Å². The number of carbonyl (C=O) groups is 1. The van der Waals surface area contributed by atoms with Crippen LogP contribution in [-0.2, 0) is 17.9 Å². The summed E-state index contributed by atoms with van der Waals surface area (Å²) in [6.07, 6.45) is 1.64. The number of thioether (sulfide) groups is 1. The first kappa shape index (κ1) is 22.7. The monoisotopic (exact) mass is 462 g/mol. The van der Waals surface area contributed by atoms with Crippen molar-refractivity contribution in [3.8, 4) is 17.1 Å². The average Bonchev–Trinajstić information content (AvgIpc) is 3.49. The zero-order chi connectivity index (χ0) is 23.2. The molecule has 170 valence electrons. The number of ether oxygens (including phenoxy) is 1. The highest BCUT2D eigenvalue weighted by Crippen LogP contribution is 2.28. The largest absolute Gasteiger partial charge is 0.497 e. The molecule has 0 aliphatic carbocycles. The van der Waals surface area contributed by atoms with Crippen molar-refractivity contribution in [1.29, 1.82) is 0 Å². The van der Waals surface area contributed by atoms with Crippen LogP contribution in [0, 0.1) is 6.92 Å². The Kier molecular flexibility index (Phi) is 7.14. The Bertz CT molecular complexity index is 1220. The highest BCUT2D eigenvalue weighted by Gasteiger charge is 2.19. The van der Waals surface area contributed by atoms with Gasteiger partial charge in [-0.25, -0.2) is 0 Å². The van der Waals surface area contributed by atoms with Gasteiger partial charge in [0, 0.05) is 19.2 Å². The number of carbonyl (C=O) groups excluding carboxylic acids is 1. The quantitative estimate of drug-likeness (QED) is 0.337. The van der Waals surface area contributed by atoms with Crippen molar-refractivity contribution >= 4 is 17.7 Å². The molecular formula is C25H26N4O3S. The van der Waals surface area contributed by atoms with Crippen molar-refractivity contribution in [2.75, 3.05) is 19.9 Å². The van der Waals surface area contributed by atoms with E-state index in [1.165, 1.54) is 17.3 Å². The van der Waals surface area contributed by atoms with E-state index >= 15 is 0 Å². The Hall–Kier alpha value is -3.52. The molecule has 7 nitrogen and oxygen atoms in total. The summed E-state index contributed by atoms with van der Waals surface area (Å²) in [5, 5.41) is 9.45. The minimum absolute atomic E-state index is 0.0266. The zero-order valence-corrected chi connectivity index (χ0v) is 19.7. The lowest BCUT2D eigenvalue weighted by atomic mass is 10.1. The van der Waals surface area contributed by atoms with Crippen LogP contribution < -0.4 is 4.74 Å². The number of furan rings is 1. The van der Waals surface area contributed by atoms with Crippen LogP contribution in [0.2, 0.25) is 0 Å². The maximum absolute atomic E-state index is 12.8. The SMILES string of the molecule is COc1cccc(-c2nnc(SCC(=O)N(C)Cc3ccccc3C)n2Cc2ccco2)c1. The first-order valence-electron chi connectivity index (χ1n) is 10.6. The third kappa shape index (κ3) is 5.46. The van der Waals surface area contributed by atoms with E-state index in [0.717, 1.165) is 22.6 Å². The van der Waals surface area contributed by atoms with Gasteiger partial charge in [-0.05, 0) is 42.3 Å². The van der Waals surface area contributed by atoms with Crippen molar-refractivity contribution in [3.05, 3.63) is 83.8 Å². The molecule has 0 bridgehead atoms. The van der Waals surface area contributed by atoms with Crippen LogP contribution >= 0.6 is 11.8 Å². The predicted molar refractivity (Wildman–Crippen MR) is 128 cm³/mol. The Morgan fingerprint density at radius 1 is 1.12 bits per heavy atom. The molecule has 2 aromatic carbocycles. The van der Waals surface area contributed by atoms with Gasteiger partial charge >= 0.3 is 0 Å². The molecule has 0 atom stereocenters. The van der Waals surface area contributed by atoms with E-state index in [4.69, 9.17) is 9.15 Å². The second-order valence-electron chi connectivity index (χ2n) is 7.67. The van der Waals surface area contributed by atoms with Gasteiger partial charge in [-0.1, -0.05) is 48.2 Å². The van der Waals surface area contributed by atoms with Gasteiger partial charge in [0.15, 0.2) is 11.0 Å². The van der Waals surface area contributed by atoms with Gasteiger partial charge in [-0.3, -0.25) is 9.36 Å². The highest BCUT2D eigenvalue weighted by atomic mass is 32.2. The molecule has 33 heavy (non-hydrogen) atoms. The van der Waals surface area contributed by atoms with Crippen LogP contribution in [0.3, 0.4) is 0 Å². The number of rotatable bonds is 9. The average molecular weight is 463 g/mol. The van der Waals surface area contributed by atoms with Crippen molar-refractivity contribution in [2.45, 2.75) is 25.2 Å². The molecule has 0 unspecified atom stereocenters. The van der Waals surface area contributed by atoms with Crippen LogP contribution in [0.25, 0.3) is 11.4 Å². The number of amides is 1. The lowest BCUT2D eigenvalue weighted by Crippen LogP contribution is -2.28. The third-order valence-corrected chi connectivity index (χ3v) is 6.31. The smallest absolute Gasteiger partial charge is 0.233 e. The number of benzene rings is 2. The minimum Gasteiger partial charge on any atom is -0.497 e. The van der Waals surface area contributed by atoms with Gasteiger partial charge < -0.3 is 14.1 Å². The summed E-state index contributed by atoms with van der Waals surface area (Å²) in [5.41, 5.74) is 3.19. The van der Waals surface area contributed by atoms with Crippen molar-refractivity contribution in [1.82, 2.24) is 19.7 Å². The van der Waals surface area contributed by atoms with Crippen LogP contribution in [0.1, 0.15) is 16.9 Å². The topological polar surface area (TPSA) is 73.4 Å². The van der Waals surface area contributed by atoms with E-state index in [1.807, 2.05) is 66.2 Å². The number of methoxy groups -OCH3 is 1. The van der Waals surface area contributed by atoms with Gasteiger partial charge in [-0.2, -0.15) is 0 Å². The minimum atomic E-state index is 0.0266. The molecule has 0 saturated carbocycles. The number of aryl methyl sites for hydroxylation is 1. The summed E-state index contributed by atoms with van der Waals surface area (Å²) in [4.78, 5) is 14.6. The standard InChI is InChI=1S/C25H26N4O3S/c1-18-8-4-5-9-20(18)15-28(2)23(30)17-33-25-27-26-24(19-10-6-11-21(14-19)31-3)29(25)16-22-12-7-13-32-22/h4-14H,15-17H2,1-3H3. The fourth-order valence-corrected chi connectivity index (χ4v) is 4.32. The number of hydrogen-bond acceptors (Lipinski definition) is 6. The lowest BCUT2D eigenvalue weighted by molar-refractivity contribution is -0.127. The van der Waals surface area contributed by atoms with Crippen LogP contribution in [0.15, 0.2) is 76.5 Å². The molecule has 0 radical (unpaired) electrons. The first-order chi connectivity index (χ1) is 16.0. The maximum atomic E-state index is 12.8. The maximum Gasteiger partial charge on any atom is 0.233 e. The lowest BCUT2D eigenvalue weighted by Gasteiger charge is -2.18. The molecule has 0 spiro atoms. The van der Waals surface area contributed by atoms with E-state index in [0.29, 0.717) is 24.1 Å². The van der Waals surface area contributed by atoms with E-state index in [1.54, 1.807) is 18.3 Å². The molecule has 0 N–H and O–H groups in total. The van der Waals surface area contributed by atoms with E-state index < -0.39 is 0 Å². The summed E-state index contributed by atoms with van der Waals surface area (Å²) in [5.74, 6) is 2.50. The van der Waals surface area contributed by atoms with Gasteiger partial charge in [-0.15, -0.1) is 10.2 Å². The van der Waals surface area contributed by atoms with Crippen molar-refractivity contribution < 1.29 is 13.9 Å². The Labute approximate surface area is 197 Å². The molecule has 0 fully saturated rings. The summed E-state index contributed by atoms with van der Waals surface area (Å²) in [7, 11) is 3.46. The van der Waals surface area contributed by atoms with Gasteiger partial charge in [0.25, 0.3) is 0 Å². The highest BCUT2D eigenvalue weighted by molar-refractivity contribution is 7.99. The molecule has 4 aromatic rings. The number of nitrogens with zero attached hydrogens (tertiary/aromatic N) is 4. The Morgan fingerprint density at radius 3 is 2.73 bits per heavy atom. The summed E-state index contributed by atoms with van der Waals surface area (Å²) in [6, 6.07) is 19.5. The molecule has 0 aliphatic heterocycles. The summed E-state index contributed by atoms with van der Waals surface area (Å²) < 4.78 is 12.9. The zero-order valence-electron chi connectivity index (χ0n) is 18.9. The molecule has 2 heterocycles. The fourth-order valence-electron chi connectivity index (χ4n) is 3.44. The first-order valence-corrected chi connectivity index (χ1v) is 11.5. The van der Waals surface area contributed by atoms with E-state index in [-0.39, 0.29) is 11.7 Å². The summed E-state index contributed by atoms with van der Waals surface area (Å²) in [6.45, 7) is 3.09. The van der Waals surface area contributed by atoms with Crippen LogP contribution in [0.5, 0.6) is 5.75 Å². The Morgan fingerprint density at radius 2 is 1.97 bits per heavy atom. The predicted octanol–water partition coefficient (Wildman–Crippen LogP) is 4.65. The van der Waals surface area contributed by atoms with E-state index in [2.05, 4.69) is 23.2 Å². The van der Waals surface area contributed by atoms with E-state index in [9.17, 15) is 4.79 Å². The fraction of sp³-hybridized carbons (Fsp3) is 0.240. The summed E-state index contributed by atoms with van der Waals surface area (Å²) >= 11 is 1.37. The molecule has 8 heteroatoms. The molecule has 0 aliphatic rings. The van der Waals surface area contributed by atoms with Crippen LogP contribution in [0.4, 0.5) is 0 Å². The second kappa shape index (κ2) is 10.4.